The molecule has 126 valence electrons. The number of rotatable bonds is 5. The summed E-state index contributed by atoms with van der Waals surface area (Å²) in [6.45, 7) is 0.0670. The molecular formula is C18H19FN2O3. The predicted octanol–water partition coefficient (Wildman–Crippen LogP) is 1.87. The number of ether oxygens (including phenoxy) is 1. The van der Waals surface area contributed by atoms with Gasteiger partial charge in [-0.15, -0.1) is 0 Å². The Labute approximate surface area is 138 Å². The number of benzene rings is 1. The number of amides is 1. The number of H-pyrrole nitrogens is 1. The smallest absolute Gasteiger partial charge is 0.224 e. The van der Waals surface area contributed by atoms with E-state index in [9.17, 15) is 14.0 Å². The first-order chi connectivity index (χ1) is 11.6. The van der Waals surface area contributed by atoms with Crippen LogP contribution in [0.4, 0.5) is 4.39 Å². The zero-order valence-corrected chi connectivity index (χ0v) is 13.4. The van der Waals surface area contributed by atoms with Crippen molar-refractivity contribution in [1.29, 1.82) is 0 Å². The third-order valence-electron chi connectivity index (χ3n) is 4.29. The number of aromatic nitrogens is 1. The summed E-state index contributed by atoms with van der Waals surface area (Å²) in [6, 6.07) is 4.47. The summed E-state index contributed by atoms with van der Waals surface area (Å²) >= 11 is 0. The first-order valence-electron chi connectivity index (χ1n) is 7.90. The van der Waals surface area contributed by atoms with Crippen molar-refractivity contribution in [2.45, 2.75) is 32.2 Å². The summed E-state index contributed by atoms with van der Waals surface area (Å²) in [5.41, 5.74) is 2.54. The van der Waals surface area contributed by atoms with E-state index in [4.69, 9.17) is 4.74 Å². The highest BCUT2D eigenvalue weighted by atomic mass is 19.1. The molecule has 1 heterocycles. The molecule has 2 N–H and O–H groups in total. The Hall–Kier alpha value is -2.63. The molecule has 1 amide bonds. The van der Waals surface area contributed by atoms with Gasteiger partial charge < -0.3 is 15.0 Å². The molecule has 24 heavy (non-hydrogen) atoms. The van der Waals surface area contributed by atoms with Crippen LogP contribution in [0.5, 0.6) is 5.75 Å². The van der Waals surface area contributed by atoms with E-state index >= 15 is 0 Å². The molecule has 0 unspecified atom stereocenters. The summed E-state index contributed by atoms with van der Waals surface area (Å²) < 4.78 is 18.8. The fraction of sp³-hybridized carbons (Fsp3) is 0.333. The standard InChI is InChI=1S/C18H19FN2O3/c1-24-13-6-5-11(15(19)8-13)9-21-17(22)7-12-10-20-16-4-2-3-14(16)18(12)23/h5-6,8,10H,2-4,7,9H2,1H3,(H,20,23)(H,21,22). The van der Waals surface area contributed by atoms with Gasteiger partial charge in [0.05, 0.1) is 13.5 Å². The molecule has 0 aliphatic heterocycles. The Kier molecular flexibility index (Phi) is 4.64. The number of hydrogen-bond acceptors (Lipinski definition) is 3. The van der Waals surface area contributed by atoms with Gasteiger partial charge in [-0.1, -0.05) is 6.07 Å². The van der Waals surface area contributed by atoms with Gasteiger partial charge in [0, 0.05) is 41.2 Å². The number of aryl methyl sites for hydroxylation is 1. The molecule has 0 spiro atoms. The van der Waals surface area contributed by atoms with Crippen LogP contribution < -0.4 is 15.5 Å². The quantitative estimate of drug-likeness (QED) is 0.879. The van der Waals surface area contributed by atoms with Crippen LogP contribution in [-0.2, 0) is 30.6 Å². The van der Waals surface area contributed by atoms with E-state index in [-0.39, 0.29) is 24.3 Å². The Morgan fingerprint density at radius 3 is 2.92 bits per heavy atom. The summed E-state index contributed by atoms with van der Waals surface area (Å²) in [7, 11) is 1.46. The van der Waals surface area contributed by atoms with Crippen molar-refractivity contribution in [3.8, 4) is 5.75 Å². The molecule has 1 aromatic heterocycles. The molecule has 1 aliphatic rings. The average molecular weight is 330 g/mol. The molecule has 3 rings (SSSR count). The Bertz CT molecular complexity index is 829. The summed E-state index contributed by atoms with van der Waals surface area (Å²) in [5.74, 6) is -0.328. The van der Waals surface area contributed by atoms with Crippen molar-refractivity contribution in [3.05, 3.63) is 62.8 Å². The second-order valence-corrected chi connectivity index (χ2v) is 5.86. The largest absolute Gasteiger partial charge is 0.497 e. The molecular weight excluding hydrogens is 311 g/mol. The highest BCUT2D eigenvalue weighted by molar-refractivity contribution is 5.78. The van der Waals surface area contributed by atoms with Gasteiger partial charge >= 0.3 is 0 Å². The lowest BCUT2D eigenvalue weighted by atomic mass is 10.1. The minimum Gasteiger partial charge on any atom is -0.497 e. The molecule has 1 aliphatic carbocycles. The van der Waals surface area contributed by atoms with E-state index in [0.29, 0.717) is 16.9 Å². The molecule has 0 saturated carbocycles. The van der Waals surface area contributed by atoms with E-state index in [2.05, 4.69) is 10.3 Å². The first-order valence-corrected chi connectivity index (χ1v) is 7.90. The van der Waals surface area contributed by atoms with E-state index < -0.39 is 5.82 Å². The molecule has 1 aromatic carbocycles. The number of pyridine rings is 1. The van der Waals surface area contributed by atoms with E-state index in [1.807, 2.05) is 0 Å². The van der Waals surface area contributed by atoms with Crippen molar-refractivity contribution >= 4 is 5.91 Å². The maximum Gasteiger partial charge on any atom is 0.224 e. The minimum atomic E-state index is -0.440. The lowest BCUT2D eigenvalue weighted by molar-refractivity contribution is -0.120. The van der Waals surface area contributed by atoms with Crippen LogP contribution in [0.15, 0.2) is 29.2 Å². The monoisotopic (exact) mass is 330 g/mol. The first kappa shape index (κ1) is 16.2. The van der Waals surface area contributed by atoms with Crippen LogP contribution in [0.1, 0.15) is 28.8 Å². The normalized spacial score (nSPS) is 12.8. The topological polar surface area (TPSA) is 71.2 Å². The molecule has 0 saturated heterocycles. The van der Waals surface area contributed by atoms with Crippen LogP contribution in [0.25, 0.3) is 0 Å². The van der Waals surface area contributed by atoms with E-state index in [0.717, 1.165) is 30.5 Å². The summed E-state index contributed by atoms with van der Waals surface area (Å²) in [5, 5.41) is 2.65. The number of hydrogen-bond donors (Lipinski definition) is 2. The van der Waals surface area contributed by atoms with E-state index in [1.54, 1.807) is 18.3 Å². The molecule has 0 fully saturated rings. The molecule has 0 radical (unpaired) electrons. The second kappa shape index (κ2) is 6.86. The van der Waals surface area contributed by atoms with Gasteiger partial charge in [-0.05, 0) is 25.3 Å². The summed E-state index contributed by atoms with van der Waals surface area (Å²) in [4.78, 5) is 27.5. The number of fused-ring (bicyclic) bond motifs is 1. The Morgan fingerprint density at radius 2 is 2.17 bits per heavy atom. The summed E-state index contributed by atoms with van der Waals surface area (Å²) in [6.07, 6.45) is 4.21. The molecule has 2 aromatic rings. The van der Waals surface area contributed by atoms with Gasteiger partial charge in [-0.3, -0.25) is 9.59 Å². The zero-order valence-electron chi connectivity index (χ0n) is 13.4. The number of carbonyl (C=O) groups excluding carboxylic acids is 1. The fourth-order valence-electron chi connectivity index (χ4n) is 2.95. The van der Waals surface area contributed by atoms with Crippen molar-refractivity contribution in [2.24, 2.45) is 0 Å². The third kappa shape index (κ3) is 3.32. The molecule has 5 nitrogen and oxygen atoms in total. The zero-order chi connectivity index (χ0) is 17.1. The van der Waals surface area contributed by atoms with Gasteiger partial charge in [0.15, 0.2) is 5.43 Å². The Balaban J connectivity index is 1.63. The molecule has 0 bridgehead atoms. The van der Waals surface area contributed by atoms with Gasteiger partial charge in [0.25, 0.3) is 0 Å². The van der Waals surface area contributed by atoms with Crippen LogP contribution >= 0.6 is 0 Å². The average Bonchev–Trinajstić information content (AvgIpc) is 3.05. The minimum absolute atomic E-state index is 0.0135. The molecule has 6 heteroatoms. The van der Waals surface area contributed by atoms with Crippen molar-refractivity contribution in [1.82, 2.24) is 10.3 Å². The van der Waals surface area contributed by atoms with Gasteiger partial charge in [0.1, 0.15) is 11.6 Å². The highest BCUT2D eigenvalue weighted by Gasteiger charge is 2.18. The third-order valence-corrected chi connectivity index (χ3v) is 4.29. The van der Waals surface area contributed by atoms with Crippen LogP contribution in [0.3, 0.4) is 0 Å². The SMILES string of the molecule is COc1ccc(CNC(=O)Cc2c[nH]c3c(c2=O)CCC3)c(F)c1. The maximum atomic E-state index is 13.8. The Morgan fingerprint density at radius 1 is 1.33 bits per heavy atom. The molecule has 0 atom stereocenters. The van der Waals surface area contributed by atoms with Gasteiger partial charge in [0.2, 0.25) is 5.91 Å². The van der Waals surface area contributed by atoms with Crippen molar-refractivity contribution in [3.63, 3.8) is 0 Å². The van der Waals surface area contributed by atoms with Crippen LogP contribution in [0.2, 0.25) is 0 Å². The predicted molar refractivity (Wildman–Crippen MR) is 87.6 cm³/mol. The lowest BCUT2D eigenvalue weighted by Crippen LogP contribution is -2.28. The maximum absolute atomic E-state index is 13.8. The number of aromatic amines is 1. The highest BCUT2D eigenvalue weighted by Crippen LogP contribution is 2.17. The number of halogens is 1. The van der Waals surface area contributed by atoms with Crippen molar-refractivity contribution in [2.75, 3.05) is 7.11 Å². The van der Waals surface area contributed by atoms with Crippen LogP contribution in [0, 0.1) is 5.82 Å². The second-order valence-electron chi connectivity index (χ2n) is 5.86. The van der Waals surface area contributed by atoms with Gasteiger partial charge in [-0.2, -0.15) is 0 Å². The number of carbonyl (C=O) groups is 1. The number of nitrogens with one attached hydrogen (secondary N) is 2. The van der Waals surface area contributed by atoms with Crippen LogP contribution in [-0.4, -0.2) is 18.0 Å². The lowest BCUT2D eigenvalue weighted by Gasteiger charge is -2.08. The number of methoxy groups -OCH3 is 1. The van der Waals surface area contributed by atoms with Gasteiger partial charge in [-0.25, -0.2) is 4.39 Å². The van der Waals surface area contributed by atoms with E-state index in [1.165, 1.54) is 13.2 Å². The fourth-order valence-corrected chi connectivity index (χ4v) is 2.95. The van der Waals surface area contributed by atoms with Crippen molar-refractivity contribution < 1.29 is 13.9 Å².